The van der Waals surface area contributed by atoms with Gasteiger partial charge in [-0.25, -0.2) is 0 Å². The first-order valence-corrected chi connectivity index (χ1v) is 5.74. The van der Waals surface area contributed by atoms with Crippen LogP contribution in [-0.2, 0) is 9.59 Å². The quantitative estimate of drug-likeness (QED) is 0.565. The molecule has 1 saturated heterocycles. The van der Waals surface area contributed by atoms with Gasteiger partial charge >= 0.3 is 0 Å². The summed E-state index contributed by atoms with van der Waals surface area (Å²) in [5.41, 5.74) is 0.159. The highest BCUT2D eigenvalue weighted by molar-refractivity contribution is 7.80. The summed E-state index contributed by atoms with van der Waals surface area (Å²) >= 11 is 4.27. The van der Waals surface area contributed by atoms with Crippen molar-refractivity contribution in [2.24, 2.45) is 5.41 Å². The summed E-state index contributed by atoms with van der Waals surface area (Å²) < 4.78 is 0. The highest BCUT2D eigenvalue weighted by atomic mass is 32.1. The summed E-state index contributed by atoms with van der Waals surface area (Å²) in [6.07, 6.45) is 4.01. The number of carbonyl (C=O) groups excluding carboxylic acids is 2. The maximum atomic E-state index is 11.5. The Balaban J connectivity index is 2.01. The van der Waals surface area contributed by atoms with Gasteiger partial charge in [0.1, 0.15) is 0 Å². The fraction of sp³-hybridized carbons (Fsp3) is 0.800. The number of hydrogen-bond acceptors (Lipinski definition) is 3. The lowest BCUT2D eigenvalue weighted by Gasteiger charge is -2.28. The molecule has 0 bridgehead atoms. The van der Waals surface area contributed by atoms with E-state index in [4.69, 9.17) is 0 Å². The van der Waals surface area contributed by atoms with Gasteiger partial charge in [0.25, 0.3) is 0 Å². The summed E-state index contributed by atoms with van der Waals surface area (Å²) in [5, 5.41) is 0. The van der Waals surface area contributed by atoms with Crippen molar-refractivity contribution in [2.75, 3.05) is 12.3 Å². The Kier molecular flexibility index (Phi) is 2.56. The van der Waals surface area contributed by atoms with Crippen LogP contribution in [0.25, 0.3) is 0 Å². The van der Waals surface area contributed by atoms with Crippen molar-refractivity contribution in [1.29, 1.82) is 0 Å². The van der Waals surface area contributed by atoms with Crippen LogP contribution in [0.3, 0.4) is 0 Å². The first kappa shape index (κ1) is 10.0. The lowest BCUT2D eigenvalue weighted by molar-refractivity contribution is -0.148. The van der Waals surface area contributed by atoms with Crippen LogP contribution in [0.5, 0.6) is 0 Å². The van der Waals surface area contributed by atoms with E-state index in [1.54, 1.807) is 0 Å². The van der Waals surface area contributed by atoms with E-state index in [1.165, 1.54) is 4.90 Å². The largest absolute Gasteiger partial charge is 0.282 e. The highest BCUT2D eigenvalue weighted by Crippen LogP contribution is 2.47. The molecule has 3 nitrogen and oxygen atoms in total. The van der Waals surface area contributed by atoms with E-state index in [0.717, 1.165) is 25.0 Å². The van der Waals surface area contributed by atoms with Crippen molar-refractivity contribution in [2.45, 2.75) is 32.1 Å². The van der Waals surface area contributed by atoms with E-state index in [2.05, 4.69) is 12.6 Å². The minimum Gasteiger partial charge on any atom is -0.282 e. The van der Waals surface area contributed by atoms with Crippen molar-refractivity contribution in [3.8, 4) is 0 Å². The minimum absolute atomic E-state index is 0.00862. The summed E-state index contributed by atoms with van der Waals surface area (Å²) in [5.74, 6) is 0.799. The average molecular weight is 213 g/mol. The molecule has 0 aromatic heterocycles. The fourth-order valence-electron chi connectivity index (χ4n) is 1.85. The van der Waals surface area contributed by atoms with Gasteiger partial charge in [0.2, 0.25) is 11.8 Å². The fourth-order valence-corrected chi connectivity index (χ4v) is 2.27. The third kappa shape index (κ3) is 1.80. The van der Waals surface area contributed by atoms with Crippen LogP contribution >= 0.6 is 12.6 Å². The van der Waals surface area contributed by atoms with Crippen LogP contribution in [0.1, 0.15) is 32.1 Å². The van der Waals surface area contributed by atoms with Crippen molar-refractivity contribution in [3.05, 3.63) is 0 Å². The van der Waals surface area contributed by atoms with Gasteiger partial charge in [0.05, 0.1) is 0 Å². The third-order valence-electron chi connectivity index (χ3n) is 3.17. The Labute approximate surface area is 89.3 Å². The molecule has 2 amide bonds. The molecule has 0 aromatic rings. The molecule has 1 saturated carbocycles. The zero-order chi connectivity index (χ0) is 10.2. The Morgan fingerprint density at radius 2 is 1.79 bits per heavy atom. The predicted molar refractivity (Wildman–Crippen MR) is 56.1 cm³/mol. The van der Waals surface area contributed by atoms with Crippen LogP contribution in [-0.4, -0.2) is 29.0 Å². The molecular formula is C10H15NO2S. The highest BCUT2D eigenvalue weighted by Gasteiger charge is 2.45. The van der Waals surface area contributed by atoms with Gasteiger partial charge in [-0.2, -0.15) is 12.6 Å². The number of carbonyl (C=O) groups is 2. The number of nitrogens with zero attached hydrogens (tertiary/aromatic N) is 1. The Bertz CT molecular complexity index is 257. The van der Waals surface area contributed by atoms with E-state index in [1.807, 2.05) is 0 Å². The standard InChI is InChI=1S/C10H15NO2S/c12-8-2-1-3-9(13)11(8)6-10(7-14)4-5-10/h14H,1-7H2. The molecule has 78 valence electrons. The lowest BCUT2D eigenvalue weighted by Crippen LogP contribution is -2.43. The molecule has 2 aliphatic rings. The Morgan fingerprint density at radius 1 is 1.21 bits per heavy atom. The maximum absolute atomic E-state index is 11.5. The van der Waals surface area contributed by atoms with E-state index in [0.29, 0.717) is 19.4 Å². The van der Waals surface area contributed by atoms with Crippen molar-refractivity contribution in [1.82, 2.24) is 4.90 Å². The Morgan fingerprint density at radius 3 is 2.21 bits per heavy atom. The normalized spacial score (nSPS) is 25.4. The number of likely N-dealkylation sites (tertiary alicyclic amines) is 1. The molecule has 1 aliphatic carbocycles. The average Bonchev–Trinajstić information content (AvgIpc) is 2.93. The summed E-state index contributed by atoms with van der Waals surface area (Å²) in [6, 6.07) is 0. The molecule has 0 unspecified atom stereocenters. The zero-order valence-electron chi connectivity index (χ0n) is 8.16. The smallest absolute Gasteiger partial charge is 0.229 e. The van der Waals surface area contributed by atoms with Gasteiger partial charge in [-0.15, -0.1) is 0 Å². The monoisotopic (exact) mass is 213 g/mol. The SMILES string of the molecule is O=C1CCCC(=O)N1CC1(CS)CC1. The molecule has 2 fully saturated rings. The maximum Gasteiger partial charge on any atom is 0.229 e. The second kappa shape index (κ2) is 3.57. The van der Waals surface area contributed by atoms with Crippen LogP contribution in [0, 0.1) is 5.41 Å². The molecule has 0 aromatic carbocycles. The number of hydrogen-bond donors (Lipinski definition) is 1. The minimum atomic E-state index is 0.00862. The number of amides is 2. The molecule has 2 rings (SSSR count). The molecule has 0 spiro atoms. The molecule has 14 heavy (non-hydrogen) atoms. The summed E-state index contributed by atoms with van der Waals surface area (Å²) in [6.45, 7) is 0.605. The second-order valence-electron chi connectivity index (χ2n) is 4.39. The van der Waals surface area contributed by atoms with E-state index < -0.39 is 0 Å². The Hall–Kier alpha value is -0.510. The molecule has 0 N–H and O–H groups in total. The second-order valence-corrected chi connectivity index (χ2v) is 4.70. The molecular weight excluding hydrogens is 198 g/mol. The summed E-state index contributed by atoms with van der Waals surface area (Å²) in [7, 11) is 0. The zero-order valence-corrected chi connectivity index (χ0v) is 9.06. The number of thiol groups is 1. The van der Waals surface area contributed by atoms with Crippen LogP contribution in [0.15, 0.2) is 0 Å². The van der Waals surface area contributed by atoms with E-state index in [9.17, 15) is 9.59 Å². The topological polar surface area (TPSA) is 37.4 Å². The van der Waals surface area contributed by atoms with Crippen molar-refractivity contribution >= 4 is 24.4 Å². The number of piperidine rings is 1. The van der Waals surface area contributed by atoms with Crippen LogP contribution in [0.4, 0.5) is 0 Å². The van der Waals surface area contributed by atoms with Crippen LogP contribution < -0.4 is 0 Å². The van der Waals surface area contributed by atoms with E-state index >= 15 is 0 Å². The van der Waals surface area contributed by atoms with Gasteiger partial charge in [-0.3, -0.25) is 14.5 Å². The van der Waals surface area contributed by atoms with Gasteiger partial charge in [0.15, 0.2) is 0 Å². The molecule has 1 heterocycles. The first-order chi connectivity index (χ1) is 6.67. The first-order valence-electron chi connectivity index (χ1n) is 5.11. The molecule has 4 heteroatoms. The molecule has 0 atom stereocenters. The van der Waals surface area contributed by atoms with Gasteiger partial charge in [0, 0.05) is 19.4 Å². The number of imide groups is 1. The van der Waals surface area contributed by atoms with Gasteiger partial charge in [-0.05, 0) is 30.4 Å². The summed E-state index contributed by atoms with van der Waals surface area (Å²) in [4.78, 5) is 24.5. The van der Waals surface area contributed by atoms with E-state index in [-0.39, 0.29) is 17.2 Å². The van der Waals surface area contributed by atoms with Gasteiger partial charge < -0.3 is 0 Å². The van der Waals surface area contributed by atoms with Crippen molar-refractivity contribution in [3.63, 3.8) is 0 Å². The lowest BCUT2D eigenvalue weighted by atomic mass is 10.0. The van der Waals surface area contributed by atoms with Gasteiger partial charge in [-0.1, -0.05) is 0 Å². The van der Waals surface area contributed by atoms with Crippen LogP contribution in [0.2, 0.25) is 0 Å². The third-order valence-corrected chi connectivity index (χ3v) is 3.84. The van der Waals surface area contributed by atoms with Crippen molar-refractivity contribution < 1.29 is 9.59 Å². The number of rotatable bonds is 3. The molecule has 1 aliphatic heterocycles. The predicted octanol–water partition coefficient (Wildman–Crippen LogP) is 1.24. The molecule has 0 radical (unpaired) electrons.